The number of aliphatic hydroxyl groups is 2. The van der Waals surface area contributed by atoms with Crippen LogP contribution in [0.25, 0.3) is 0 Å². The molecule has 4 heteroatoms. The molecule has 1 atom stereocenters. The molecule has 0 aromatic heterocycles. The smallest absolute Gasteiger partial charge is 0.293 e. The van der Waals surface area contributed by atoms with E-state index in [-0.39, 0.29) is 11.0 Å². The van der Waals surface area contributed by atoms with E-state index >= 15 is 0 Å². The maximum Gasteiger partial charge on any atom is 0.293 e. The van der Waals surface area contributed by atoms with Crippen molar-refractivity contribution in [2.45, 2.75) is 96.5 Å². The van der Waals surface area contributed by atoms with E-state index in [0.29, 0.717) is 25.6 Å². The van der Waals surface area contributed by atoms with Gasteiger partial charge >= 0.3 is 0 Å². The maximum absolute atomic E-state index is 10.4. The molecule has 1 aliphatic carbocycles. The summed E-state index contributed by atoms with van der Waals surface area (Å²) in [6.45, 7) is 5.08. The first-order valence-corrected chi connectivity index (χ1v) is 9.80. The fourth-order valence-corrected chi connectivity index (χ4v) is 3.45. The van der Waals surface area contributed by atoms with Crippen LogP contribution in [0.4, 0.5) is 0 Å². The van der Waals surface area contributed by atoms with Crippen LogP contribution in [-0.2, 0) is 9.53 Å². The molecule has 4 nitrogen and oxygen atoms in total. The number of aliphatic hydroxyl groups excluding tert-OH is 2. The highest BCUT2D eigenvalue weighted by Crippen LogP contribution is 2.49. The van der Waals surface area contributed by atoms with Crippen molar-refractivity contribution >= 4 is 6.47 Å². The average Bonchev–Trinajstić information content (AvgIpc) is 3.32. The second-order valence-corrected chi connectivity index (χ2v) is 8.38. The summed E-state index contributed by atoms with van der Waals surface area (Å²) in [6.07, 6.45) is 13.6. The topological polar surface area (TPSA) is 66.8 Å². The van der Waals surface area contributed by atoms with Gasteiger partial charge in [0.25, 0.3) is 6.47 Å². The third kappa shape index (κ3) is 9.03. The average molecular weight is 343 g/mol. The first-order chi connectivity index (χ1) is 11.5. The van der Waals surface area contributed by atoms with Gasteiger partial charge in [-0.15, -0.1) is 0 Å². The Balaban J connectivity index is 1.99. The zero-order chi connectivity index (χ0) is 17.9. The van der Waals surface area contributed by atoms with E-state index in [2.05, 4.69) is 0 Å². The SMILES string of the molecule is CC(C)(CCCCCC(CO)CCCCCC1(CO)CC1)OC=O. The van der Waals surface area contributed by atoms with Gasteiger partial charge < -0.3 is 14.9 Å². The molecule has 24 heavy (non-hydrogen) atoms. The first kappa shape index (κ1) is 21.4. The highest BCUT2D eigenvalue weighted by atomic mass is 16.5. The zero-order valence-electron chi connectivity index (χ0n) is 15.8. The second kappa shape index (κ2) is 11.1. The van der Waals surface area contributed by atoms with E-state index in [4.69, 9.17) is 4.74 Å². The van der Waals surface area contributed by atoms with Crippen molar-refractivity contribution < 1.29 is 19.7 Å². The fraction of sp³-hybridized carbons (Fsp3) is 0.950. The van der Waals surface area contributed by atoms with Crippen LogP contribution in [0.5, 0.6) is 0 Å². The molecule has 1 aliphatic rings. The Labute approximate surface area is 148 Å². The van der Waals surface area contributed by atoms with E-state index < -0.39 is 0 Å². The Hall–Kier alpha value is -0.610. The van der Waals surface area contributed by atoms with Crippen molar-refractivity contribution in [3.63, 3.8) is 0 Å². The maximum atomic E-state index is 10.4. The molecule has 2 N–H and O–H groups in total. The van der Waals surface area contributed by atoms with E-state index in [0.717, 1.165) is 38.5 Å². The molecule has 0 heterocycles. The lowest BCUT2D eigenvalue weighted by Gasteiger charge is -2.22. The summed E-state index contributed by atoms with van der Waals surface area (Å²) in [4.78, 5) is 10.4. The van der Waals surface area contributed by atoms with Crippen LogP contribution in [0.2, 0.25) is 0 Å². The third-order valence-corrected chi connectivity index (χ3v) is 5.63. The van der Waals surface area contributed by atoms with Gasteiger partial charge in [-0.05, 0) is 70.1 Å². The van der Waals surface area contributed by atoms with Crippen molar-refractivity contribution in [1.29, 1.82) is 0 Å². The van der Waals surface area contributed by atoms with Gasteiger partial charge in [-0.3, -0.25) is 4.79 Å². The summed E-state index contributed by atoms with van der Waals surface area (Å²) in [7, 11) is 0. The largest absolute Gasteiger partial charge is 0.462 e. The molecule has 1 fully saturated rings. The predicted molar refractivity (Wildman–Crippen MR) is 96.7 cm³/mol. The lowest BCUT2D eigenvalue weighted by molar-refractivity contribution is -0.140. The Kier molecular flexibility index (Phi) is 9.91. The van der Waals surface area contributed by atoms with Crippen LogP contribution >= 0.6 is 0 Å². The monoisotopic (exact) mass is 342 g/mol. The normalized spacial score (nSPS) is 17.5. The molecule has 0 aromatic rings. The summed E-state index contributed by atoms with van der Waals surface area (Å²) in [5, 5.41) is 18.8. The van der Waals surface area contributed by atoms with Crippen molar-refractivity contribution in [2.24, 2.45) is 11.3 Å². The van der Waals surface area contributed by atoms with Gasteiger partial charge in [-0.2, -0.15) is 0 Å². The molecule has 1 saturated carbocycles. The molecule has 1 rings (SSSR count). The van der Waals surface area contributed by atoms with E-state index in [1.165, 1.54) is 38.5 Å². The van der Waals surface area contributed by atoms with Crippen LogP contribution in [0.1, 0.15) is 90.9 Å². The molecule has 0 aliphatic heterocycles. The predicted octanol–water partition coefficient (Wildman–Crippen LogP) is 4.22. The molecule has 0 bridgehead atoms. The summed E-state index contributed by atoms with van der Waals surface area (Å²) >= 11 is 0. The van der Waals surface area contributed by atoms with Crippen molar-refractivity contribution in [2.75, 3.05) is 13.2 Å². The van der Waals surface area contributed by atoms with Gasteiger partial charge in [0.15, 0.2) is 0 Å². The van der Waals surface area contributed by atoms with E-state index in [1.54, 1.807) is 0 Å². The lowest BCUT2D eigenvalue weighted by atomic mass is 9.93. The van der Waals surface area contributed by atoms with Crippen molar-refractivity contribution in [3.05, 3.63) is 0 Å². The van der Waals surface area contributed by atoms with E-state index in [1.807, 2.05) is 13.8 Å². The van der Waals surface area contributed by atoms with Crippen LogP contribution in [0.15, 0.2) is 0 Å². The second-order valence-electron chi connectivity index (χ2n) is 8.38. The minimum atomic E-state index is -0.356. The van der Waals surface area contributed by atoms with Crippen LogP contribution in [0, 0.1) is 11.3 Å². The number of hydrogen-bond donors (Lipinski definition) is 2. The van der Waals surface area contributed by atoms with E-state index in [9.17, 15) is 15.0 Å². The summed E-state index contributed by atoms with van der Waals surface area (Å²) in [6, 6.07) is 0. The fourth-order valence-electron chi connectivity index (χ4n) is 3.45. The standard InChI is InChI=1S/C20H38O4/c1-19(2,24-17-23)11-7-3-5-9-18(15-21)10-6-4-8-12-20(16-22)13-14-20/h17-18,21-22H,3-16H2,1-2H3. The molecule has 0 aromatic carbocycles. The molecule has 0 spiro atoms. The van der Waals surface area contributed by atoms with Crippen LogP contribution < -0.4 is 0 Å². The van der Waals surface area contributed by atoms with Gasteiger partial charge in [0, 0.05) is 13.2 Å². The minimum Gasteiger partial charge on any atom is -0.462 e. The Morgan fingerprint density at radius 1 is 1.04 bits per heavy atom. The molecule has 0 amide bonds. The number of hydrogen-bond acceptors (Lipinski definition) is 4. The Morgan fingerprint density at radius 3 is 2.17 bits per heavy atom. The van der Waals surface area contributed by atoms with Gasteiger partial charge in [0.05, 0.1) is 0 Å². The minimum absolute atomic E-state index is 0.289. The quantitative estimate of drug-likeness (QED) is 0.325. The van der Waals surface area contributed by atoms with Crippen molar-refractivity contribution in [3.8, 4) is 0 Å². The molecule has 0 saturated heterocycles. The number of ether oxygens (including phenoxy) is 1. The van der Waals surface area contributed by atoms with Gasteiger partial charge in [-0.1, -0.05) is 32.1 Å². The Morgan fingerprint density at radius 2 is 1.67 bits per heavy atom. The summed E-state index contributed by atoms with van der Waals surface area (Å²) < 4.78 is 5.05. The van der Waals surface area contributed by atoms with Gasteiger partial charge in [0.1, 0.15) is 5.60 Å². The number of rotatable bonds is 16. The molecule has 0 radical (unpaired) electrons. The molecule has 142 valence electrons. The Bertz CT molecular complexity index is 337. The highest BCUT2D eigenvalue weighted by Gasteiger charge is 2.40. The highest BCUT2D eigenvalue weighted by molar-refractivity contribution is 5.38. The molecular formula is C20H38O4. The number of carbonyl (C=O) groups excluding carboxylic acids is 1. The van der Waals surface area contributed by atoms with Crippen LogP contribution in [0.3, 0.4) is 0 Å². The summed E-state index contributed by atoms with van der Waals surface area (Å²) in [5.74, 6) is 0.428. The van der Waals surface area contributed by atoms with Crippen molar-refractivity contribution in [1.82, 2.24) is 0 Å². The van der Waals surface area contributed by atoms with Gasteiger partial charge in [0.2, 0.25) is 0 Å². The zero-order valence-corrected chi connectivity index (χ0v) is 15.8. The summed E-state index contributed by atoms with van der Waals surface area (Å²) in [5.41, 5.74) is -0.0661. The van der Waals surface area contributed by atoms with Crippen LogP contribution in [-0.4, -0.2) is 35.5 Å². The first-order valence-electron chi connectivity index (χ1n) is 9.80. The lowest BCUT2D eigenvalue weighted by Crippen LogP contribution is -2.23. The molecule has 1 unspecified atom stereocenters. The number of unbranched alkanes of at least 4 members (excludes halogenated alkanes) is 4. The van der Waals surface area contributed by atoms with Gasteiger partial charge in [-0.25, -0.2) is 0 Å². The number of carbonyl (C=O) groups is 1. The molecular weight excluding hydrogens is 304 g/mol. The third-order valence-electron chi connectivity index (χ3n) is 5.63.